The molecule has 2 aromatic rings. The number of nitrogens with zero attached hydrogens (tertiary/aromatic N) is 2. The Morgan fingerprint density at radius 3 is 2.80 bits per heavy atom. The highest BCUT2D eigenvalue weighted by molar-refractivity contribution is 6.01. The minimum atomic E-state index is -0.0488. The molecule has 1 N–H and O–H groups in total. The minimum Gasteiger partial charge on any atom is -0.378 e. The first-order valence-corrected chi connectivity index (χ1v) is 7.01. The second-order valence-electron chi connectivity index (χ2n) is 4.88. The summed E-state index contributed by atoms with van der Waals surface area (Å²) >= 11 is 0. The molecule has 106 valence electrons. The zero-order chi connectivity index (χ0) is 13.9. The fourth-order valence-corrected chi connectivity index (χ4v) is 2.57. The molecule has 0 radical (unpaired) electrons. The van der Waals surface area contributed by atoms with Crippen LogP contribution < -0.4 is 5.32 Å². The fourth-order valence-electron chi connectivity index (χ4n) is 2.57. The normalized spacial score (nSPS) is 15.6. The topological polar surface area (TPSA) is 46.5 Å². The standard InChI is InChI=1S/C15H19N3O2/c1-2-17-11-13(12-5-3-4-6-14(12)17)16-15(19)18-7-9-20-10-8-18/h3-6,11H,2,7-10H2,1H3,(H,16,19). The van der Waals surface area contributed by atoms with E-state index in [1.165, 1.54) is 0 Å². The van der Waals surface area contributed by atoms with E-state index < -0.39 is 0 Å². The van der Waals surface area contributed by atoms with Crippen LogP contribution in [0.1, 0.15) is 6.92 Å². The van der Waals surface area contributed by atoms with Crippen molar-refractivity contribution in [2.45, 2.75) is 13.5 Å². The first-order chi connectivity index (χ1) is 9.79. The number of nitrogens with one attached hydrogen (secondary N) is 1. The number of rotatable bonds is 2. The highest BCUT2D eigenvalue weighted by Crippen LogP contribution is 2.26. The van der Waals surface area contributed by atoms with Crippen molar-refractivity contribution in [1.29, 1.82) is 0 Å². The molecule has 5 nitrogen and oxygen atoms in total. The number of ether oxygens (including phenoxy) is 1. The zero-order valence-corrected chi connectivity index (χ0v) is 11.6. The lowest BCUT2D eigenvalue weighted by molar-refractivity contribution is 0.0565. The van der Waals surface area contributed by atoms with Gasteiger partial charge in [0.15, 0.2) is 0 Å². The molecule has 20 heavy (non-hydrogen) atoms. The summed E-state index contributed by atoms with van der Waals surface area (Å²) < 4.78 is 7.41. The summed E-state index contributed by atoms with van der Waals surface area (Å²) in [6.45, 7) is 5.51. The molecule has 1 aliphatic rings. The van der Waals surface area contributed by atoms with Gasteiger partial charge in [-0.2, -0.15) is 0 Å². The maximum atomic E-state index is 12.3. The summed E-state index contributed by atoms with van der Waals surface area (Å²) in [5.74, 6) is 0. The molecule has 0 aliphatic carbocycles. The van der Waals surface area contributed by atoms with E-state index >= 15 is 0 Å². The highest BCUT2D eigenvalue weighted by atomic mass is 16.5. The maximum absolute atomic E-state index is 12.3. The lowest BCUT2D eigenvalue weighted by Gasteiger charge is -2.26. The molecular weight excluding hydrogens is 254 g/mol. The zero-order valence-electron chi connectivity index (χ0n) is 11.6. The molecule has 1 aromatic carbocycles. The van der Waals surface area contributed by atoms with Gasteiger partial charge in [-0.25, -0.2) is 4.79 Å². The summed E-state index contributed by atoms with van der Waals surface area (Å²) in [5, 5.41) is 4.10. The Hall–Kier alpha value is -2.01. The third-order valence-electron chi connectivity index (χ3n) is 3.67. The van der Waals surface area contributed by atoms with E-state index in [1.807, 2.05) is 24.4 Å². The van der Waals surface area contributed by atoms with Gasteiger partial charge >= 0.3 is 6.03 Å². The van der Waals surface area contributed by atoms with Gasteiger partial charge in [-0.05, 0) is 13.0 Å². The highest BCUT2D eigenvalue weighted by Gasteiger charge is 2.18. The van der Waals surface area contributed by atoms with Gasteiger partial charge in [-0.3, -0.25) is 0 Å². The third-order valence-corrected chi connectivity index (χ3v) is 3.67. The van der Waals surface area contributed by atoms with Crippen LogP contribution in [0.15, 0.2) is 30.5 Å². The number of fused-ring (bicyclic) bond motifs is 1. The van der Waals surface area contributed by atoms with Gasteiger partial charge in [0, 0.05) is 31.2 Å². The summed E-state index contributed by atoms with van der Waals surface area (Å²) in [6.07, 6.45) is 2.00. The first kappa shape index (κ1) is 13.0. The number of para-hydroxylation sites is 1. The Kier molecular flexibility index (Phi) is 3.60. The monoisotopic (exact) mass is 273 g/mol. The van der Waals surface area contributed by atoms with Crippen LogP contribution in [0.25, 0.3) is 10.9 Å². The van der Waals surface area contributed by atoms with Crippen LogP contribution in [0, 0.1) is 0 Å². The quantitative estimate of drug-likeness (QED) is 0.914. The lowest BCUT2D eigenvalue weighted by Crippen LogP contribution is -2.43. The number of urea groups is 1. The molecule has 0 unspecified atom stereocenters. The molecule has 0 atom stereocenters. The average Bonchev–Trinajstić information content (AvgIpc) is 2.86. The van der Waals surface area contributed by atoms with Crippen LogP contribution >= 0.6 is 0 Å². The molecule has 1 fully saturated rings. The van der Waals surface area contributed by atoms with E-state index in [4.69, 9.17) is 4.74 Å². The Bertz CT molecular complexity index is 615. The van der Waals surface area contributed by atoms with Crippen LogP contribution in [-0.2, 0) is 11.3 Å². The molecule has 0 saturated carbocycles. The molecule has 2 heterocycles. The van der Waals surface area contributed by atoms with E-state index in [0.29, 0.717) is 26.3 Å². The molecule has 1 saturated heterocycles. The Balaban J connectivity index is 1.85. The molecule has 0 spiro atoms. The number of benzene rings is 1. The minimum absolute atomic E-state index is 0.0488. The largest absolute Gasteiger partial charge is 0.378 e. The summed E-state index contributed by atoms with van der Waals surface area (Å²) in [6, 6.07) is 8.07. The van der Waals surface area contributed by atoms with Crippen molar-refractivity contribution in [3.8, 4) is 0 Å². The van der Waals surface area contributed by atoms with Gasteiger partial charge in [0.05, 0.1) is 24.4 Å². The van der Waals surface area contributed by atoms with Crippen LogP contribution in [-0.4, -0.2) is 41.8 Å². The molecule has 1 aliphatic heterocycles. The van der Waals surface area contributed by atoms with E-state index in [2.05, 4.69) is 22.9 Å². The van der Waals surface area contributed by atoms with Gasteiger partial charge in [-0.1, -0.05) is 18.2 Å². The third kappa shape index (κ3) is 2.36. The van der Waals surface area contributed by atoms with Crippen molar-refractivity contribution in [3.05, 3.63) is 30.5 Å². The Labute approximate surface area is 118 Å². The van der Waals surface area contributed by atoms with Gasteiger partial charge < -0.3 is 19.5 Å². The fraction of sp³-hybridized carbons (Fsp3) is 0.400. The summed E-state index contributed by atoms with van der Waals surface area (Å²) in [5.41, 5.74) is 2.02. The number of hydrogen-bond acceptors (Lipinski definition) is 2. The molecule has 3 rings (SSSR count). The van der Waals surface area contributed by atoms with Crippen molar-refractivity contribution in [1.82, 2.24) is 9.47 Å². The molecule has 2 amide bonds. The number of hydrogen-bond donors (Lipinski definition) is 1. The van der Waals surface area contributed by atoms with Crippen molar-refractivity contribution in [2.75, 3.05) is 31.6 Å². The number of carbonyl (C=O) groups is 1. The van der Waals surface area contributed by atoms with Crippen LogP contribution in [0.2, 0.25) is 0 Å². The van der Waals surface area contributed by atoms with Gasteiger partial charge in [0.1, 0.15) is 0 Å². The van der Waals surface area contributed by atoms with E-state index in [1.54, 1.807) is 4.90 Å². The second kappa shape index (κ2) is 5.54. The number of anilines is 1. The number of carbonyl (C=O) groups excluding carboxylic acids is 1. The van der Waals surface area contributed by atoms with Crippen LogP contribution in [0.3, 0.4) is 0 Å². The number of aromatic nitrogens is 1. The van der Waals surface area contributed by atoms with E-state index in [0.717, 1.165) is 23.1 Å². The predicted molar refractivity (Wildman–Crippen MR) is 79.0 cm³/mol. The average molecular weight is 273 g/mol. The maximum Gasteiger partial charge on any atom is 0.322 e. The number of aryl methyl sites for hydroxylation is 1. The van der Waals surface area contributed by atoms with E-state index in [9.17, 15) is 4.79 Å². The predicted octanol–water partition coefficient (Wildman–Crippen LogP) is 2.53. The Morgan fingerprint density at radius 2 is 2.05 bits per heavy atom. The molecule has 0 bridgehead atoms. The first-order valence-electron chi connectivity index (χ1n) is 7.01. The van der Waals surface area contributed by atoms with Crippen LogP contribution in [0.4, 0.5) is 10.5 Å². The smallest absolute Gasteiger partial charge is 0.322 e. The van der Waals surface area contributed by atoms with Crippen molar-refractivity contribution >= 4 is 22.6 Å². The lowest BCUT2D eigenvalue weighted by atomic mass is 10.2. The van der Waals surface area contributed by atoms with E-state index in [-0.39, 0.29) is 6.03 Å². The molecular formula is C15H19N3O2. The SMILES string of the molecule is CCn1cc(NC(=O)N2CCOCC2)c2ccccc21. The van der Waals surface area contributed by atoms with Crippen molar-refractivity contribution in [3.63, 3.8) is 0 Å². The van der Waals surface area contributed by atoms with Crippen molar-refractivity contribution in [2.24, 2.45) is 0 Å². The molecule has 1 aromatic heterocycles. The Morgan fingerprint density at radius 1 is 1.30 bits per heavy atom. The van der Waals surface area contributed by atoms with Gasteiger partial charge in [0.25, 0.3) is 0 Å². The summed E-state index contributed by atoms with van der Waals surface area (Å²) in [4.78, 5) is 14.1. The van der Waals surface area contributed by atoms with Crippen molar-refractivity contribution < 1.29 is 9.53 Å². The van der Waals surface area contributed by atoms with Gasteiger partial charge in [0.2, 0.25) is 0 Å². The number of amides is 2. The molecule has 5 heteroatoms. The summed E-state index contributed by atoms with van der Waals surface area (Å²) in [7, 11) is 0. The number of morpholine rings is 1. The van der Waals surface area contributed by atoms with Gasteiger partial charge in [-0.15, -0.1) is 0 Å². The second-order valence-corrected chi connectivity index (χ2v) is 4.88. The van der Waals surface area contributed by atoms with Crippen LogP contribution in [0.5, 0.6) is 0 Å².